The van der Waals surface area contributed by atoms with E-state index in [0.29, 0.717) is 18.3 Å². The van der Waals surface area contributed by atoms with Crippen molar-refractivity contribution < 1.29 is 18.9 Å². The summed E-state index contributed by atoms with van der Waals surface area (Å²) in [5.41, 5.74) is 9.91. The van der Waals surface area contributed by atoms with E-state index in [1.807, 2.05) is 0 Å². The highest BCUT2D eigenvalue weighted by molar-refractivity contribution is 7.46. The van der Waals surface area contributed by atoms with Gasteiger partial charge in [-0.3, -0.25) is 4.52 Å². The molecule has 3 atom stereocenters. The van der Waals surface area contributed by atoms with Gasteiger partial charge in [-0.25, -0.2) is 4.57 Å². The van der Waals surface area contributed by atoms with Gasteiger partial charge < -0.3 is 15.5 Å². The van der Waals surface area contributed by atoms with Crippen molar-refractivity contribution in [1.82, 2.24) is 0 Å². The van der Waals surface area contributed by atoms with Gasteiger partial charge in [0.25, 0.3) is 0 Å². The maximum Gasteiger partial charge on any atom is 0.469 e. The van der Waals surface area contributed by atoms with Gasteiger partial charge in [-0.1, -0.05) is 50.1 Å². The second-order valence-corrected chi connectivity index (χ2v) is 9.91. The number of allylic oxidation sites excluding steroid dienone is 2. The third-order valence-corrected chi connectivity index (χ3v) is 6.73. The summed E-state index contributed by atoms with van der Waals surface area (Å²) >= 11 is 0. The van der Waals surface area contributed by atoms with Gasteiger partial charge in [-0.15, -0.1) is 0 Å². The minimum absolute atomic E-state index is 0.0925. The highest BCUT2D eigenvalue weighted by Gasteiger charge is 2.38. The molecule has 4 N–H and O–H groups in total. The summed E-state index contributed by atoms with van der Waals surface area (Å²) in [5.74, 6) is 0.991. The Kier molecular flexibility index (Phi) is 7.17. The van der Waals surface area contributed by atoms with Crippen molar-refractivity contribution in [1.29, 1.82) is 0 Å². The van der Waals surface area contributed by atoms with Gasteiger partial charge >= 0.3 is 7.82 Å². The molecule has 3 rings (SSSR count). The van der Waals surface area contributed by atoms with Crippen LogP contribution in [0.2, 0.25) is 0 Å². The lowest BCUT2D eigenvalue weighted by molar-refractivity contribution is 0.153. The summed E-state index contributed by atoms with van der Waals surface area (Å²) in [5, 5.41) is 0. The van der Waals surface area contributed by atoms with E-state index in [1.165, 1.54) is 42.4 Å². The van der Waals surface area contributed by atoms with Crippen LogP contribution >= 0.6 is 7.82 Å². The van der Waals surface area contributed by atoms with Gasteiger partial charge in [0.2, 0.25) is 0 Å². The normalized spacial score (nSPS) is 28.0. The first-order valence-corrected chi connectivity index (χ1v) is 12.1. The number of rotatable bonds is 8. The van der Waals surface area contributed by atoms with Gasteiger partial charge in [-0.05, 0) is 73.5 Å². The monoisotopic (exact) mass is 407 g/mol. The number of phosphoric acid groups is 1. The molecule has 2 aliphatic rings. The largest absolute Gasteiger partial charge is 0.469 e. The molecule has 28 heavy (non-hydrogen) atoms. The van der Waals surface area contributed by atoms with Crippen LogP contribution < -0.4 is 5.73 Å². The molecule has 6 heteroatoms. The lowest BCUT2D eigenvalue weighted by Gasteiger charge is -2.25. The number of aryl methyl sites for hydroxylation is 1. The van der Waals surface area contributed by atoms with E-state index >= 15 is 0 Å². The van der Waals surface area contributed by atoms with E-state index in [1.54, 1.807) is 0 Å². The topological polar surface area (TPSA) is 92.8 Å². The average Bonchev–Trinajstić information content (AvgIpc) is 3.05. The minimum atomic E-state index is -4.47. The van der Waals surface area contributed by atoms with Crippen LogP contribution in [0, 0.1) is 5.92 Å². The Morgan fingerprint density at radius 2 is 2.14 bits per heavy atom. The molecule has 2 aliphatic carbocycles. The third-order valence-electron chi connectivity index (χ3n) is 6.26. The molecule has 0 bridgehead atoms. The van der Waals surface area contributed by atoms with Gasteiger partial charge in [0.1, 0.15) is 0 Å². The molecule has 0 spiro atoms. The molecular formula is C22H34NO4P. The Balaban J connectivity index is 1.59. The lowest BCUT2D eigenvalue weighted by Crippen LogP contribution is -2.41. The van der Waals surface area contributed by atoms with Crippen molar-refractivity contribution in [3.8, 4) is 0 Å². The highest BCUT2D eigenvalue weighted by Crippen LogP contribution is 2.44. The standard InChI is InChI=1S/C22H34NO4P/c1-2-3-4-5-6-17-7-8-19-14-20(10-9-18(19)13-17)21-11-12-22(23,15-21)16-27-28(24,25)26/h5-6,9-10,14,17,21H,2-4,7-8,11-13,15-16,23H2,1H3,(H2,24,25,26)/b6-5+/t17-,21+,22-/m1/s1. The van der Waals surface area contributed by atoms with Crippen molar-refractivity contribution in [2.45, 2.75) is 76.2 Å². The van der Waals surface area contributed by atoms with E-state index in [4.69, 9.17) is 15.5 Å². The maximum atomic E-state index is 11.0. The number of benzene rings is 1. The first kappa shape index (κ1) is 21.7. The fourth-order valence-corrected chi connectivity index (χ4v) is 5.04. The molecule has 0 aromatic heterocycles. The van der Waals surface area contributed by atoms with E-state index in [2.05, 4.69) is 41.8 Å². The molecule has 156 valence electrons. The number of fused-ring (bicyclic) bond motifs is 1. The molecule has 5 nitrogen and oxygen atoms in total. The minimum Gasteiger partial charge on any atom is -0.323 e. The van der Waals surface area contributed by atoms with Crippen LogP contribution in [0.3, 0.4) is 0 Å². The molecular weight excluding hydrogens is 373 g/mol. The number of hydrogen-bond donors (Lipinski definition) is 3. The summed E-state index contributed by atoms with van der Waals surface area (Å²) in [7, 11) is -4.47. The second kappa shape index (κ2) is 9.23. The van der Waals surface area contributed by atoms with E-state index < -0.39 is 13.4 Å². The summed E-state index contributed by atoms with van der Waals surface area (Å²) in [4.78, 5) is 17.9. The summed E-state index contributed by atoms with van der Waals surface area (Å²) in [6.45, 7) is 2.14. The van der Waals surface area contributed by atoms with Crippen molar-refractivity contribution in [2.75, 3.05) is 6.61 Å². The van der Waals surface area contributed by atoms with Gasteiger partial charge in [-0.2, -0.15) is 0 Å². The molecule has 1 aromatic carbocycles. The zero-order valence-corrected chi connectivity index (χ0v) is 17.7. The first-order valence-electron chi connectivity index (χ1n) is 10.6. The second-order valence-electron chi connectivity index (χ2n) is 8.67. The Morgan fingerprint density at radius 3 is 2.89 bits per heavy atom. The van der Waals surface area contributed by atoms with Crippen molar-refractivity contribution in [2.24, 2.45) is 11.7 Å². The van der Waals surface area contributed by atoms with Crippen LogP contribution in [-0.2, 0) is 21.9 Å². The molecule has 0 radical (unpaired) electrons. The average molecular weight is 407 g/mol. The van der Waals surface area contributed by atoms with E-state index in [9.17, 15) is 4.57 Å². The van der Waals surface area contributed by atoms with Gasteiger partial charge in [0, 0.05) is 5.54 Å². The van der Waals surface area contributed by atoms with Crippen molar-refractivity contribution >= 4 is 7.82 Å². The van der Waals surface area contributed by atoms with Crippen LogP contribution in [0.25, 0.3) is 0 Å². The number of phosphoric ester groups is 1. The van der Waals surface area contributed by atoms with Crippen LogP contribution in [0.4, 0.5) is 0 Å². The zero-order chi connectivity index (χ0) is 20.2. The van der Waals surface area contributed by atoms with Crippen molar-refractivity contribution in [3.63, 3.8) is 0 Å². The Labute approximate surface area is 168 Å². The maximum absolute atomic E-state index is 11.0. The quantitative estimate of drug-likeness (QED) is 0.332. The fourth-order valence-electron chi connectivity index (χ4n) is 4.62. The van der Waals surface area contributed by atoms with E-state index in [-0.39, 0.29) is 6.61 Å². The molecule has 0 heterocycles. The number of nitrogens with two attached hydrogens (primary N) is 1. The lowest BCUT2D eigenvalue weighted by atomic mass is 9.81. The molecule has 1 saturated carbocycles. The predicted octanol–water partition coefficient (Wildman–Crippen LogP) is 4.61. The van der Waals surface area contributed by atoms with Gasteiger partial charge in [0.15, 0.2) is 0 Å². The molecule has 0 saturated heterocycles. The van der Waals surface area contributed by atoms with Crippen molar-refractivity contribution in [3.05, 3.63) is 47.0 Å². The SMILES string of the molecule is CCCC/C=C/[C@@H]1CCc2cc([C@H]3CC[C@](N)(COP(=O)(O)O)C3)ccc2C1. The Morgan fingerprint density at radius 1 is 1.32 bits per heavy atom. The fraction of sp³-hybridized carbons (Fsp3) is 0.636. The molecule has 0 unspecified atom stereocenters. The number of unbranched alkanes of at least 4 members (excludes halogenated alkanes) is 2. The van der Waals surface area contributed by atoms with Crippen LogP contribution in [-0.4, -0.2) is 21.9 Å². The zero-order valence-electron chi connectivity index (χ0n) is 16.8. The highest BCUT2D eigenvalue weighted by atomic mass is 31.2. The molecule has 0 amide bonds. The van der Waals surface area contributed by atoms with Crippen LogP contribution in [0.15, 0.2) is 30.4 Å². The summed E-state index contributed by atoms with van der Waals surface area (Å²) < 4.78 is 15.7. The Bertz CT molecular complexity index is 744. The van der Waals surface area contributed by atoms with Gasteiger partial charge in [0.05, 0.1) is 6.61 Å². The first-order chi connectivity index (χ1) is 13.3. The van der Waals surface area contributed by atoms with Crippen LogP contribution in [0.1, 0.15) is 74.5 Å². The Hall–Kier alpha value is -0.970. The third kappa shape index (κ3) is 6.01. The molecule has 1 aromatic rings. The van der Waals surface area contributed by atoms with Crippen LogP contribution in [0.5, 0.6) is 0 Å². The summed E-state index contributed by atoms with van der Waals surface area (Å²) in [6.07, 6.45) is 14.3. The smallest absolute Gasteiger partial charge is 0.323 e. The molecule has 0 aliphatic heterocycles. The van der Waals surface area contributed by atoms with E-state index in [0.717, 1.165) is 25.7 Å². The number of hydrogen-bond acceptors (Lipinski definition) is 3. The summed E-state index contributed by atoms with van der Waals surface area (Å²) in [6, 6.07) is 6.84. The molecule has 1 fully saturated rings. The predicted molar refractivity (Wildman–Crippen MR) is 112 cm³/mol.